The third-order valence-corrected chi connectivity index (χ3v) is 10.3. The van der Waals surface area contributed by atoms with Crippen molar-refractivity contribution in [2.24, 2.45) is 23.7 Å². The highest BCUT2D eigenvalue weighted by molar-refractivity contribution is 5.94. The first-order chi connectivity index (χ1) is 21.5. The van der Waals surface area contributed by atoms with Crippen molar-refractivity contribution in [2.75, 3.05) is 40.1 Å². The molecule has 2 atom stereocenters. The summed E-state index contributed by atoms with van der Waals surface area (Å²) in [6.45, 7) is 4.71. The molecule has 2 saturated carbocycles. The summed E-state index contributed by atoms with van der Waals surface area (Å²) >= 11 is 0. The number of ether oxygens (including phenoxy) is 3. The Kier molecular flexibility index (Phi) is 11.9. The Bertz CT molecular complexity index is 1240. The highest BCUT2D eigenvalue weighted by Gasteiger charge is 2.46. The lowest BCUT2D eigenvalue weighted by Gasteiger charge is -2.36. The fourth-order valence-corrected chi connectivity index (χ4v) is 7.83. The van der Waals surface area contributed by atoms with Gasteiger partial charge >= 0.3 is 5.97 Å². The lowest BCUT2D eigenvalue weighted by atomic mass is 9.75. The smallest absolute Gasteiger partial charge is 0.374 e. The number of Topliss-reactive ketones (excluding diaryl/α,β-unsaturated/α-hetero) is 1. The van der Waals surface area contributed by atoms with Gasteiger partial charge in [-0.25, -0.2) is 4.79 Å². The van der Waals surface area contributed by atoms with Gasteiger partial charge in [0.15, 0.2) is 5.78 Å². The minimum Gasteiger partial charge on any atom is -0.460 e. The van der Waals surface area contributed by atoms with Gasteiger partial charge in [-0.1, -0.05) is 51.5 Å². The van der Waals surface area contributed by atoms with E-state index in [-0.39, 0.29) is 48.4 Å². The van der Waals surface area contributed by atoms with E-state index in [1.54, 1.807) is 13.2 Å². The molecule has 2 heterocycles. The Balaban J connectivity index is 1.24. The van der Waals surface area contributed by atoms with E-state index in [2.05, 4.69) is 6.92 Å². The van der Waals surface area contributed by atoms with Gasteiger partial charge in [0.05, 0.1) is 25.9 Å². The second-order valence-corrected chi connectivity index (χ2v) is 13.2. The first kappa shape index (κ1) is 32.7. The molecule has 2 aliphatic carbocycles. The number of carbonyl (C=O) groups is 3. The van der Waals surface area contributed by atoms with Crippen molar-refractivity contribution >= 4 is 28.6 Å². The number of amides is 1. The van der Waals surface area contributed by atoms with E-state index in [9.17, 15) is 14.4 Å². The topological polar surface area (TPSA) is 95.3 Å². The molecular formula is C36H51NO7. The van der Waals surface area contributed by atoms with E-state index in [1.807, 2.05) is 23.1 Å². The van der Waals surface area contributed by atoms with E-state index >= 15 is 0 Å². The van der Waals surface area contributed by atoms with Crippen LogP contribution in [0.5, 0.6) is 0 Å². The molecule has 3 fully saturated rings. The fourth-order valence-electron chi connectivity index (χ4n) is 7.83. The molecule has 8 nitrogen and oxygen atoms in total. The van der Waals surface area contributed by atoms with Crippen LogP contribution in [0.4, 0.5) is 0 Å². The number of ketones is 1. The van der Waals surface area contributed by atoms with Crippen LogP contribution < -0.4 is 0 Å². The highest BCUT2D eigenvalue weighted by atomic mass is 16.5. The van der Waals surface area contributed by atoms with E-state index in [1.165, 1.54) is 38.5 Å². The SMILES string of the molecule is CCC1CCC(C(=O)N2CC[C@@H](C3CCCCC3)[C@H]2C(=O)Cc2ccc3oc(C(=O)OCCCOCCOC)cc3c2)CC1. The minimum absolute atomic E-state index is 0.0573. The molecule has 0 N–H and O–H groups in total. The summed E-state index contributed by atoms with van der Waals surface area (Å²) in [7, 11) is 1.62. The van der Waals surface area contributed by atoms with Crippen LogP contribution in [-0.2, 0) is 30.2 Å². The lowest BCUT2D eigenvalue weighted by molar-refractivity contribution is -0.143. The number of benzene rings is 1. The first-order valence-corrected chi connectivity index (χ1v) is 17.1. The van der Waals surface area contributed by atoms with Crippen LogP contribution in [0.2, 0.25) is 0 Å². The molecular weight excluding hydrogens is 558 g/mol. The standard InChI is InChI=1S/C36H51NO7/c1-3-25-10-13-28(14-11-25)35(39)37-17-16-30(27-8-5-4-6-9-27)34(37)31(38)23-26-12-15-32-29(22-26)24-33(44-32)36(40)43-19-7-18-42-21-20-41-2/h12,15,22,24-25,27-28,30,34H,3-11,13-14,16-21,23H2,1-2H3/t25?,28?,30-,34-/m0/s1. The van der Waals surface area contributed by atoms with Gasteiger partial charge in [0.2, 0.25) is 11.7 Å². The zero-order valence-corrected chi connectivity index (χ0v) is 26.7. The lowest BCUT2D eigenvalue weighted by Crippen LogP contribution is -2.48. The number of fused-ring (bicyclic) bond motifs is 1. The van der Waals surface area contributed by atoms with Crippen molar-refractivity contribution in [1.29, 1.82) is 0 Å². The summed E-state index contributed by atoms with van der Waals surface area (Å²) in [6.07, 6.45) is 13.2. The summed E-state index contributed by atoms with van der Waals surface area (Å²) in [5.74, 6) is 1.55. The quantitative estimate of drug-likeness (QED) is 0.172. The highest BCUT2D eigenvalue weighted by Crippen LogP contribution is 2.41. The van der Waals surface area contributed by atoms with Gasteiger partial charge in [-0.2, -0.15) is 0 Å². The van der Waals surface area contributed by atoms with Crippen molar-refractivity contribution in [3.05, 3.63) is 35.6 Å². The zero-order chi connectivity index (χ0) is 30.9. The predicted molar refractivity (Wildman–Crippen MR) is 168 cm³/mol. The average Bonchev–Trinajstić information content (AvgIpc) is 3.69. The van der Waals surface area contributed by atoms with Crippen molar-refractivity contribution < 1.29 is 33.0 Å². The van der Waals surface area contributed by atoms with Crippen molar-refractivity contribution in [1.82, 2.24) is 4.90 Å². The van der Waals surface area contributed by atoms with Crippen LogP contribution in [0.3, 0.4) is 0 Å². The van der Waals surface area contributed by atoms with E-state index < -0.39 is 5.97 Å². The number of esters is 1. The maximum absolute atomic E-state index is 14.1. The second kappa shape index (κ2) is 16.0. The molecule has 5 rings (SSSR count). The molecule has 8 heteroatoms. The van der Waals surface area contributed by atoms with Gasteiger partial charge in [-0.15, -0.1) is 0 Å². The Hall–Kier alpha value is -2.71. The number of hydrogen-bond acceptors (Lipinski definition) is 7. The molecule has 0 radical (unpaired) electrons. The number of nitrogens with zero attached hydrogens (tertiary/aromatic N) is 1. The molecule has 44 heavy (non-hydrogen) atoms. The largest absolute Gasteiger partial charge is 0.460 e. The van der Waals surface area contributed by atoms with Crippen molar-refractivity contribution in [3.8, 4) is 0 Å². The fraction of sp³-hybridized carbons (Fsp3) is 0.694. The molecule has 0 bridgehead atoms. The van der Waals surface area contributed by atoms with Crippen molar-refractivity contribution in [2.45, 2.75) is 96.4 Å². The third-order valence-electron chi connectivity index (χ3n) is 10.3. The number of hydrogen-bond donors (Lipinski definition) is 0. The maximum atomic E-state index is 14.1. The van der Waals surface area contributed by atoms with Crippen LogP contribution in [0.15, 0.2) is 28.7 Å². The molecule has 1 aromatic heterocycles. The summed E-state index contributed by atoms with van der Waals surface area (Å²) in [5.41, 5.74) is 1.46. The molecule has 2 aromatic rings. The number of furan rings is 1. The predicted octanol–water partition coefficient (Wildman–Crippen LogP) is 6.77. The normalized spacial score (nSPS) is 24.5. The second-order valence-electron chi connectivity index (χ2n) is 13.2. The number of likely N-dealkylation sites (tertiary alicyclic amines) is 1. The molecule has 1 saturated heterocycles. The molecule has 0 spiro atoms. The molecule has 242 valence electrons. The summed E-state index contributed by atoms with van der Waals surface area (Å²) in [6, 6.07) is 7.00. The van der Waals surface area contributed by atoms with Crippen LogP contribution in [-0.4, -0.2) is 68.7 Å². The molecule has 1 aliphatic heterocycles. The van der Waals surface area contributed by atoms with Crippen LogP contribution >= 0.6 is 0 Å². The van der Waals surface area contributed by atoms with Gasteiger partial charge in [-0.05, 0) is 73.6 Å². The molecule has 1 aromatic carbocycles. The van der Waals surface area contributed by atoms with Gasteiger partial charge in [0.1, 0.15) is 5.58 Å². The van der Waals surface area contributed by atoms with E-state index in [0.717, 1.165) is 49.0 Å². The molecule has 3 aliphatic rings. The number of methoxy groups -OCH3 is 1. The average molecular weight is 610 g/mol. The Morgan fingerprint density at radius 2 is 1.70 bits per heavy atom. The van der Waals surface area contributed by atoms with Crippen molar-refractivity contribution in [3.63, 3.8) is 0 Å². The van der Waals surface area contributed by atoms with Gasteiger partial charge in [0, 0.05) is 44.4 Å². The summed E-state index contributed by atoms with van der Waals surface area (Å²) in [5, 5.41) is 0.765. The minimum atomic E-state index is -0.515. The Morgan fingerprint density at radius 3 is 2.45 bits per heavy atom. The van der Waals surface area contributed by atoms with Gasteiger partial charge < -0.3 is 23.5 Å². The molecule has 0 unspecified atom stereocenters. The number of carbonyl (C=O) groups excluding carboxylic acids is 3. The summed E-state index contributed by atoms with van der Waals surface area (Å²) < 4.78 is 21.5. The summed E-state index contributed by atoms with van der Waals surface area (Å²) in [4.78, 5) is 42.6. The molecule has 1 amide bonds. The number of rotatable bonds is 14. The van der Waals surface area contributed by atoms with Crippen LogP contribution in [0.25, 0.3) is 11.0 Å². The Labute approximate surface area is 262 Å². The van der Waals surface area contributed by atoms with E-state index in [0.29, 0.717) is 44.3 Å². The van der Waals surface area contributed by atoms with Gasteiger partial charge in [-0.3, -0.25) is 9.59 Å². The van der Waals surface area contributed by atoms with Crippen LogP contribution in [0.1, 0.15) is 100 Å². The third kappa shape index (κ3) is 8.11. The van der Waals surface area contributed by atoms with Gasteiger partial charge in [0.25, 0.3) is 0 Å². The maximum Gasteiger partial charge on any atom is 0.374 e. The Morgan fingerprint density at radius 1 is 0.909 bits per heavy atom. The monoisotopic (exact) mass is 609 g/mol. The zero-order valence-electron chi connectivity index (χ0n) is 26.7. The van der Waals surface area contributed by atoms with E-state index in [4.69, 9.17) is 18.6 Å². The van der Waals surface area contributed by atoms with Crippen LogP contribution in [0, 0.1) is 23.7 Å². The first-order valence-electron chi connectivity index (χ1n) is 17.1.